The van der Waals surface area contributed by atoms with Crippen molar-refractivity contribution in [2.75, 3.05) is 6.54 Å². The van der Waals surface area contributed by atoms with Crippen LogP contribution in [0.2, 0.25) is 0 Å². The summed E-state index contributed by atoms with van der Waals surface area (Å²) < 4.78 is 67.2. The van der Waals surface area contributed by atoms with Crippen molar-refractivity contribution in [1.82, 2.24) is 14.5 Å². The molecule has 0 atom stereocenters. The van der Waals surface area contributed by atoms with Gasteiger partial charge in [0, 0.05) is 17.8 Å². The molecule has 0 aliphatic heterocycles. The summed E-state index contributed by atoms with van der Waals surface area (Å²) in [4.78, 5) is 0. The Morgan fingerprint density at radius 3 is 2.71 bits per heavy atom. The van der Waals surface area contributed by atoms with Crippen LogP contribution in [0.4, 0.5) is 13.2 Å². The molecule has 1 aliphatic carbocycles. The Morgan fingerprint density at radius 1 is 1.29 bits per heavy atom. The van der Waals surface area contributed by atoms with Crippen molar-refractivity contribution < 1.29 is 21.6 Å². The highest BCUT2D eigenvalue weighted by Gasteiger charge is 2.39. The van der Waals surface area contributed by atoms with Crippen molar-refractivity contribution in [2.24, 2.45) is 0 Å². The maximum Gasteiger partial charge on any atom is 0.435 e. The molecule has 0 spiro atoms. The quantitative estimate of drug-likeness (QED) is 0.869. The Bertz CT molecular complexity index is 811. The molecule has 0 aromatic carbocycles. The van der Waals surface area contributed by atoms with E-state index in [1.165, 1.54) is 10.7 Å². The van der Waals surface area contributed by atoms with Gasteiger partial charge in [-0.15, -0.1) is 11.3 Å². The van der Waals surface area contributed by atoms with Gasteiger partial charge in [-0.3, -0.25) is 4.68 Å². The predicted octanol–water partition coefficient (Wildman–Crippen LogP) is 2.82. The maximum atomic E-state index is 13.1. The molecule has 0 unspecified atom stereocenters. The molecule has 132 valence electrons. The summed E-state index contributed by atoms with van der Waals surface area (Å²) in [6, 6.07) is 3.10. The van der Waals surface area contributed by atoms with Crippen molar-refractivity contribution in [3.63, 3.8) is 0 Å². The molecule has 2 aromatic rings. The Kier molecular flexibility index (Phi) is 4.71. The first-order valence-corrected chi connectivity index (χ1v) is 9.84. The summed E-state index contributed by atoms with van der Waals surface area (Å²) in [5.74, 6) is 0. The third-order valence-corrected chi connectivity index (χ3v) is 6.76. The molecular weight excluding hydrogens is 363 g/mol. The van der Waals surface area contributed by atoms with Crippen molar-refractivity contribution in [2.45, 2.75) is 42.6 Å². The van der Waals surface area contributed by atoms with E-state index in [1.54, 1.807) is 11.4 Å². The number of nitrogens with zero attached hydrogens (tertiary/aromatic N) is 2. The van der Waals surface area contributed by atoms with Crippen LogP contribution in [0.25, 0.3) is 0 Å². The summed E-state index contributed by atoms with van der Waals surface area (Å²) in [7, 11) is -3.62. The van der Waals surface area contributed by atoms with E-state index < -0.39 is 21.9 Å². The minimum absolute atomic E-state index is 0.00828. The number of aromatic nitrogens is 2. The molecule has 3 rings (SSSR count). The first kappa shape index (κ1) is 17.4. The number of sulfonamides is 1. The fourth-order valence-corrected chi connectivity index (χ4v) is 4.92. The Labute approximate surface area is 141 Å². The van der Waals surface area contributed by atoms with Gasteiger partial charge in [-0.25, -0.2) is 13.1 Å². The molecule has 0 amide bonds. The van der Waals surface area contributed by atoms with Gasteiger partial charge in [-0.2, -0.15) is 18.3 Å². The number of nitrogens with one attached hydrogen (secondary N) is 1. The first-order valence-electron chi connectivity index (χ1n) is 7.48. The smallest absolute Gasteiger partial charge is 0.267 e. The van der Waals surface area contributed by atoms with Gasteiger partial charge in [-0.05, 0) is 37.1 Å². The zero-order chi connectivity index (χ0) is 17.4. The van der Waals surface area contributed by atoms with Gasteiger partial charge in [0.2, 0.25) is 10.0 Å². The highest BCUT2D eigenvalue weighted by atomic mass is 32.2. The molecule has 1 aliphatic rings. The highest BCUT2D eigenvalue weighted by molar-refractivity contribution is 7.91. The second-order valence-corrected chi connectivity index (χ2v) is 8.47. The summed E-state index contributed by atoms with van der Waals surface area (Å²) in [5, 5.41) is 5.35. The number of rotatable bonds is 5. The summed E-state index contributed by atoms with van der Waals surface area (Å²) in [6.07, 6.45) is -2.05. The van der Waals surface area contributed by atoms with Gasteiger partial charge in [0.15, 0.2) is 5.69 Å². The predicted molar refractivity (Wildman–Crippen MR) is 83.4 cm³/mol. The van der Waals surface area contributed by atoms with E-state index in [2.05, 4.69) is 9.82 Å². The standard InChI is InChI=1S/C14H16F3N3O2S2/c15-14(16,17)13-10-4-1-2-5-11(10)20(19-13)8-7-18-24(21,22)12-6-3-9-23-12/h3,6,9,18H,1-2,4-5,7-8H2. The van der Waals surface area contributed by atoms with Crippen molar-refractivity contribution in [1.29, 1.82) is 0 Å². The van der Waals surface area contributed by atoms with E-state index in [0.717, 1.165) is 17.8 Å². The molecule has 2 heterocycles. The fourth-order valence-electron chi connectivity index (χ4n) is 2.86. The SMILES string of the molecule is O=S(=O)(NCCn1nc(C(F)(F)F)c2c1CCCC2)c1cccs1. The average molecular weight is 379 g/mol. The second-order valence-electron chi connectivity index (χ2n) is 5.53. The van der Waals surface area contributed by atoms with E-state index in [-0.39, 0.29) is 22.9 Å². The molecule has 1 N–H and O–H groups in total. The third kappa shape index (κ3) is 3.50. The summed E-state index contributed by atoms with van der Waals surface area (Å²) in [5.41, 5.74) is -0.00271. The molecule has 0 fully saturated rings. The Hall–Kier alpha value is -1.39. The number of thiophene rings is 1. The van der Waals surface area contributed by atoms with E-state index in [9.17, 15) is 21.6 Å². The summed E-state index contributed by atoms with van der Waals surface area (Å²) >= 11 is 1.08. The molecule has 24 heavy (non-hydrogen) atoms. The number of hydrogen-bond donors (Lipinski definition) is 1. The lowest BCUT2D eigenvalue weighted by Crippen LogP contribution is -2.27. The Morgan fingerprint density at radius 2 is 2.04 bits per heavy atom. The minimum Gasteiger partial charge on any atom is -0.267 e. The van der Waals surface area contributed by atoms with Crippen LogP contribution >= 0.6 is 11.3 Å². The van der Waals surface area contributed by atoms with Crippen molar-refractivity contribution >= 4 is 21.4 Å². The molecule has 2 aromatic heterocycles. The molecule has 5 nitrogen and oxygen atoms in total. The van der Waals surface area contributed by atoms with E-state index in [0.29, 0.717) is 25.0 Å². The van der Waals surface area contributed by atoms with Crippen molar-refractivity contribution in [3.05, 3.63) is 34.5 Å². The van der Waals surface area contributed by atoms with Crippen LogP contribution in [0.1, 0.15) is 29.8 Å². The number of halogens is 3. The van der Waals surface area contributed by atoms with Crippen LogP contribution in [0.5, 0.6) is 0 Å². The molecular formula is C14H16F3N3O2S2. The monoisotopic (exact) mass is 379 g/mol. The highest BCUT2D eigenvalue weighted by Crippen LogP contribution is 2.35. The lowest BCUT2D eigenvalue weighted by molar-refractivity contribution is -0.142. The largest absolute Gasteiger partial charge is 0.435 e. The van der Waals surface area contributed by atoms with Gasteiger partial charge in [0.1, 0.15) is 4.21 Å². The van der Waals surface area contributed by atoms with Crippen LogP contribution in [0.3, 0.4) is 0 Å². The van der Waals surface area contributed by atoms with Gasteiger partial charge in [-0.1, -0.05) is 6.07 Å². The molecule has 10 heteroatoms. The van der Waals surface area contributed by atoms with Crippen LogP contribution < -0.4 is 4.72 Å². The zero-order valence-electron chi connectivity index (χ0n) is 12.6. The van der Waals surface area contributed by atoms with Crippen LogP contribution in [-0.4, -0.2) is 24.7 Å². The van der Waals surface area contributed by atoms with Gasteiger partial charge >= 0.3 is 6.18 Å². The van der Waals surface area contributed by atoms with E-state index >= 15 is 0 Å². The van der Waals surface area contributed by atoms with Gasteiger partial charge in [0.05, 0.1) is 6.54 Å². The van der Waals surface area contributed by atoms with Crippen LogP contribution in [-0.2, 0) is 35.6 Å². The minimum atomic E-state index is -4.48. The normalized spacial score (nSPS) is 15.5. The van der Waals surface area contributed by atoms with Crippen LogP contribution in [0.15, 0.2) is 21.7 Å². The lowest BCUT2D eigenvalue weighted by Gasteiger charge is -2.14. The molecule has 0 saturated heterocycles. The number of alkyl halides is 3. The first-order chi connectivity index (χ1) is 11.3. The van der Waals surface area contributed by atoms with E-state index in [4.69, 9.17) is 0 Å². The zero-order valence-corrected chi connectivity index (χ0v) is 14.3. The molecule has 0 saturated carbocycles. The maximum absolute atomic E-state index is 13.1. The van der Waals surface area contributed by atoms with Gasteiger partial charge < -0.3 is 0 Å². The number of fused-ring (bicyclic) bond motifs is 1. The summed E-state index contributed by atoms with van der Waals surface area (Å²) in [6.45, 7) is 0.0642. The lowest BCUT2D eigenvalue weighted by atomic mass is 9.95. The third-order valence-electron chi connectivity index (χ3n) is 3.90. The second kappa shape index (κ2) is 6.49. The average Bonchev–Trinajstić information content (AvgIpc) is 3.15. The van der Waals surface area contributed by atoms with Crippen molar-refractivity contribution in [3.8, 4) is 0 Å². The molecule has 0 bridgehead atoms. The van der Waals surface area contributed by atoms with Gasteiger partial charge in [0.25, 0.3) is 0 Å². The van der Waals surface area contributed by atoms with E-state index in [1.807, 2.05) is 0 Å². The van der Waals surface area contributed by atoms with Crippen LogP contribution in [0, 0.1) is 0 Å². The molecule has 0 radical (unpaired) electrons. The number of hydrogen-bond acceptors (Lipinski definition) is 4. The Balaban J connectivity index is 1.75. The fraction of sp³-hybridized carbons (Fsp3) is 0.500. The topological polar surface area (TPSA) is 64.0 Å².